The molecule has 0 bridgehead atoms. The molecular formula is C27H41FN4O3. The molecule has 2 aliphatic heterocycles. The van der Waals surface area contributed by atoms with Crippen molar-refractivity contribution < 1.29 is 18.7 Å². The first-order chi connectivity index (χ1) is 17.0. The average molecular weight is 489 g/mol. The second-order valence-corrected chi connectivity index (χ2v) is 10.4. The van der Waals surface area contributed by atoms with E-state index in [0.29, 0.717) is 37.5 Å². The highest BCUT2D eigenvalue weighted by molar-refractivity contribution is 5.97. The standard InChI is InChI=1S/C27H41FN4O3/c28-22-10-8-21(9-11-22)27(34)32-15-12-23(17-25(32)26(33)30-14-13-29)31(19-24-7-4-16-35-24)18-20-5-2-1-3-6-20/h8-11,20,23-25H,1-7,12-19,29H2,(H,30,33)/t23?,24?,25-/m1/s1. The van der Waals surface area contributed by atoms with Crippen molar-refractivity contribution in [3.8, 4) is 0 Å². The van der Waals surface area contributed by atoms with E-state index in [9.17, 15) is 14.0 Å². The van der Waals surface area contributed by atoms with E-state index in [0.717, 1.165) is 39.0 Å². The number of nitrogens with zero attached hydrogens (tertiary/aromatic N) is 2. The van der Waals surface area contributed by atoms with Gasteiger partial charge in [-0.25, -0.2) is 4.39 Å². The molecule has 3 aliphatic rings. The van der Waals surface area contributed by atoms with Gasteiger partial charge in [-0.3, -0.25) is 14.5 Å². The van der Waals surface area contributed by atoms with Crippen molar-refractivity contribution in [1.82, 2.24) is 15.1 Å². The fourth-order valence-corrected chi connectivity index (χ4v) is 5.97. The Morgan fingerprint density at radius 3 is 2.51 bits per heavy atom. The molecule has 194 valence electrons. The Hall–Kier alpha value is -2.03. The number of halogens is 1. The highest BCUT2D eigenvalue weighted by atomic mass is 19.1. The Kier molecular flexibility index (Phi) is 9.52. The number of carbonyl (C=O) groups excluding carboxylic acids is 2. The zero-order valence-electron chi connectivity index (χ0n) is 20.8. The summed E-state index contributed by atoms with van der Waals surface area (Å²) in [6.07, 6.45) is 10.3. The van der Waals surface area contributed by atoms with E-state index in [1.54, 1.807) is 4.90 Å². The quantitative estimate of drug-likeness (QED) is 0.558. The van der Waals surface area contributed by atoms with Crippen molar-refractivity contribution in [1.29, 1.82) is 0 Å². The van der Waals surface area contributed by atoms with E-state index in [1.165, 1.54) is 56.4 Å². The minimum Gasteiger partial charge on any atom is -0.377 e. The molecule has 3 fully saturated rings. The maximum absolute atomic E-state index is 13.4. The number of piperidine rings is 1. The van der Waals surface area contributed by atoms with Crippen LogP contribution in [0.5, 0.6) is 0 Å². The summed E-state index contributed by atoms with van der Waals surface area (Å²) in [5, 5.41) is 2.90. The lowest BCUT2D eigenvalue weighted by Gasteiger charge is -2.44. The van der Waals surface area contributed by atoms with Crippen molar-refractivity contribution in [2.45, 2.75) is 76.0 Å². The third-order valence-electron chi connectivity index (χ3n) is 7.87. The molecule has 0 spiro atoms. The lowest BCUT2D eigenvalue weighted by atomic mass is 9.87. The number of amides is 2. The van der Waals surface area contributed by atoms with Crippen LogP contribution in [0.25, 0.3) is 0 Å². The van der Waals surface area contributed by atoms with Gasteiger partial charge in [0.25, 0.3) is 5.91 Å². The molecule has 1 saturated carbocycles. The second-order valence-electron chi connectivity index (χ2n) is 10.4. The van der Waals surface area contributed by atoms with Crippen molar-refractivity contribution in [2.75, 3.05) is 39.3 Å². The van der Waals surface area contributed by atoms with Gasteiger partial charge in [-0.05, 0) is 68.7 Å². The zero-order valence-corrected chi connectivity index (χ0v) is 20.8. The van der Waals surface area contributed by atoms with E-state index < -0.39 is 6.04 Å². The van der Waals surface area contributed by atoms with Gasteiger partial charge >= 0.3 is 0 Å². The number of nitrogens with one attached hydrogen (secondary N) is 1. The first-order valence-electron chi connectivity index (χ1n) is 13.4. The highest BCUT2D eigenvalue weighted by Gasteiger charge is 2.39. The van der Waals surface area contributed by atoms with Gasteiger partial charge in [-0.2, -0.15) is 0 Å². The summed E-state index contributed by atoms with van der Waals surface area (Å²) in [7, 11) is 0. The smallest absolute Gasteiger partial charge is 0.254 e. The third kappa shape index (κ3) is 7.02. The number of carbonyl (C=O) groups is 2. The zero-order chi connectivity index (χ0) is 24.6. The first-order valence-corrected chi connectivity index (χ1v) is 13.4. The number of ether oxygens (including phenoxy) is 1. The number of nitrogens with two attached hydrogens (primary N) is 1. The maximum atomic E-state index is 13.4. The summed E-state index contributed by atoms with van der Waals surface area (Å²) in [6.45, 7) is 3.98. The number of rotatable bonds is 9. The predicted molar refractivity (Wildman–Crippen MR) is 133 cm³/mol. The molecule has 1 aliphatic carbocycles. The topological polar surface area (TPSA) is 87.9 Å². The van der Waals surface area contributed by atoms with E-state index in [2.05, 4.69) is 10.2 Å². The van der Waals surface area contributed by atoms with Crippen molar-refractivity contribution in [2.24, 2.45) is 11.7 Å². The van der Waals surface area contributed by atoms with Crippen molar-refractivity contribution >= 4 is 11.8 Å². The molecule has 0 aromatic heterocycles. The molecule has 4 rings (SSSR count). The normalized spacial score (nSPS) is 25.7. The van der Waals surface area contributed by atoms with Crippen LogP contribution in [-0.4, -0.2) is 79.1 Å². The SMILES string of the molecule is NCCNC(=O)[C@H]1CC(N(CC2CCCCC2)CC2CCCO2)CCN1C(=O)c1ccc(F)cc1. The van der Waals surface area contributed by atoms with Crippen LogP contribution in [0.4, 0.5) is 4.39 Å². The fraction of sp³-hybridized carbons (Fsp3) is 0.704. The molecule has 3 atom stereocenters. The third-order valence-corrected chi connectivity index (χ3v) is 7.87. The fourth-order valence-electron chi connectivity index (χ4n) is 5.97. The summed E-state index contributed by atoms with van der Waals surface area (Å²) < 4.78 is 19.4. The Morgan fingerprint density at radius 2 is 1.83 bits per heavy atom. The first kappa shape index (κ1) is 26.0. The lowest BCUT2D eigenvalue weighted by Crippen LogP contribution is -2.58. The van der Waals surface area contributed by atoms with Crippen LogP contribution in [0, 0.1) is 11.7 Å². The van der Waals surface area contributed by atoms with Gasteiger partial charge in [0, 0.05) is 50.9 Å². The van der Waals surface area contributed by atoms with Gasteiger partial charge in [0.1, 0.15) is 11.9 Å². The van der Waals surface area contributed by atoms with Gasteiger partial charge in [-0.1, -0.05) is 19.3 Å². The van der Waals surface area contributed by atoms with Crippen LogP contribution in [0.3, 0.4) is 0 Å². The van der Waals surface area contributed by atoms with Crippen LogP contribution < -0.4 is 11.1 Å². The Bertz CT molecular complexity index is 824. The molecule has 2 saturated heterocycles. The van der Waals surface area contributed by atoms with Crippen LogP contribution in [0.15, 0.2) is 24.3 Å². The van der Waals surface area contributed by atoms with E-state index in [4.69, 9.17) is 10.5 Å². The number of benzene rings is 1. The monoisotopic (exact) mass is 488 g/mol. The molecule has 2 unspecified atom stereocenters. The number of hydrogen-bond acceptors (Lipinski definition) is 5. The second kappa shape index (κ2) is 12.8. The molecule has 0 radical (unpaired) electrons. The maximum Gasteiger partial charge on any atom is 0.254 e. The minimum absolute atomic E-state index is 0.162. The molecule has 1 aromatic carbocycles. The average Bonchev–Trinajstić information content (AvgIpc) is 3.40. The molecule has 8 heteroatoms. The molecule has 3 N–H and O–H groups in total. The summed E-state index contributed by atoms with van der Waals surface area (Å²) >= 11 is 0. The summed E-state index contributed by atoms with van der Waals surface area (Å²) in [5.41, 5.74) is 6.03. The van der Waals surface area contributed by atoms with Gasteiger partial charge in [0.05, 0.1) is 6.10 Å². The largest absolute Gasteiger partial charge is 0.377 e. The molecular weight excluding hydrogens is 447 g/mol. The number of likely N-dealkylation sites (tertiary alicyclic amines) is 1. The molecule has 2 amide bonds. The van der Waals surface area contributed by atoms with Crippen LogP contribution in [0.2, 0.25) is 0 Å². The number of hydrogen-bond donors (Lipinski definition) is 2. The van der Waals surface area contributed by atoms with Crippen molar-refractivity contribution in [3.05, 3.63) is 35.6 Å². The minimum atomic E-state index is -0.573. The molecule has 7 nitrogen and oxygen atoms in total. The van der Waals surface area contributed by atoms with Gasteiger partial charge < -0.3 is 20.7 Å². The van der Waals surface area contributed by atoms with Crippen molar-refractivity contribution in [3.63, 3.8) is 0 Å². The van der Waals surface area contributed by atoms with E-state index >= 15 is 0 Å². The van der Waals surface area contributed by atoms with Crippen LogP contribution in [-0.2, 0) is 9.53 Å². The Morgan fingerprint density at radius 1 is 1.06 bits per heavy atom. The lowest BCUT2D eigenvalue weighted by molar-refractivity contribution is -0.127. The summed E-state index contributed by atoms with van der Waals surface area (Å²) in [5.74, 6) is -0.0850. The van der Waals surface area contributed by atoms with Gasteiger partial charge in [0.2, 0.25) is 5.91 Å². The molecule has 1 aromatic rings. The van der Waals surface area contributed by atoms with Crippen LogP contribution >= 0.6 is 0 Å². The molecule has 2 heterocycles. The van der Waals surface area contributed by atoms with E-state index in [-0.39, 0.29) is 29.8 Å². The van der Waals surface area contributed by atoms with Gasteiger partial charge in [0.15, 0.2) is 0 Å². The van der Waals surface area contributed by atoms with Crippen LogP contribution in [0.1, 0.15) is 68.1 Å². The van der Waals surface area contributed by atoms with Gasteiger partial charge in [-0.15, -0.1) is 0 Å². The molecule has 35 heavy (non-hydrogen) atoms. The Balaban J connectivity index is 1.51. The summed E-state index contributed by atoms with van der Waals surface area (Å²) in [4.78, 5) is 30.8. The highest BCUT2D eigenvalue weighted by Crippen LogP contribution is 2.30. The Labute approximate surface area is 208 Å². The predicted octanol–water partition coefficient (Wildman–Crippen LogP) is 2.94. The summed E-state index contributed by atoms with van der Waals surface area (Å²) in [6, 6.07) is 5.20. The van der Waals surface area contributed by atoms with E-state index in [1.807, 2.05) is 0 Å².